The van der Waals surface area contributed by atoms with E-state index in [1.54, 1.807) is 0 Å². The number of carbonyl (C=O) groups excluding carboxylic acids is 3. The van der Waals surface area contributed by atoms with Crippen molar-refractivity contribution in [3.05, 3.63) is 0 Å². The van der Waals surface area contributed by atoms with Crippen molar-refractivity contribution in [3.63, 3.8) is 0 Å². The number of ether oxygens (including phenoxy) is 1. The summed E-state index contributed by atoms with van der Waals surface area (Å²) < 4.78 is 4.72. The number of hydrogen-bond acceptors (Lipinski definition) is 4. The van der Waals surface area contributed by atoms with Crippen molar-refractivity contribution in [1.82, 2.24) is 10.6 Å². The molecule has 6 nitrogen and oxygen atoms in total. The molecule has 0 radical (unpaired) electrons. The molecule has 20 heavy (non-hydrogen) atoms. The van der Waals surface area contributed by atoms with Crippen molar-refractivity contribution in [2.45, 2.75) is 52.1 Å². The minimum absolute atomic E-state index is 0.0573. The van der Waals surface area contributed by atoms with Gasteiger partial charge >= 0.3 is 5.97 Å². The van der Waals surface area contributed by atoms with Gasteiger partial charge in [0.25, 0.3) is 0 Å². The number of rotatable bonds is 7. The topological polar surface area (TPSA) is 84.5 Å². The van der Waals surface area contributed by atoms with Gasteiger partial charge < -0.3 is 15.4 Å². The van der Waals surface area contributed by atoms with Crippen LogP contribution in [-0.4, -0.2) is 37.0 Å². The van der Waals surface area contributed by atoms with E-state index in [2.05, 4.69) is 10.6 Å². The molecule has 2 atom stereocenters. The molecule has 1 aliphatic carbocycles. The monoisotopic (exact) mass is 284 g/mol. The van der Waals surface area contributed by atoms with E-state index < -0.39 is 18.1 Å². The van der Waals surface area contributed by atoms with Crippen molar-refractivity contribution in [2.24, 2.45) is 11.8 Å². The lowest BCUT2D eigenvalue weighted by Crippen LogP contribution is -2.53. The lowest BCUT2D eigenvalue weighted by molar-refractivity contribution is -0.145. The Morgan fingerprint density at radius 1 is 1.20 bits per heavy atom. The summed E-state index contributed by atoms with van der Waals surface area (Å²) >= 11 is 0. The predicted molar refractivity (Wildman–Crippen MR) is 73.7 cm³/mol. The van der Waals surface area contributed by atoms with E-state index in [1.807, 2.05) is 13.8 Å². The Morgan fingerprint density at radius 2 is 1.80 bits per heavy atom. The molecule has 0 aromatic rings. The standard InChI is InChI=1S/C14H24N2O4/c1-8(2)12(15-9(3)17)13(18)16-11(14(19)20-4)7-10-5-6-10/h8,10-12H,5-7H2,1-4H3,(H,15,17)(H,16,18)/t11-,12-/m1/s1. The number of hydrogen-bond donors (Lipinski definition) is 2. The molecule has 1 rings (SSSR count). The number of carbonyl (C=O) groups is 3. The Bertz CT molecular complexity index is 377. The highest BCUT2D eigenvalue weighted by Gasteiger charge is 2.33. The van der Waals surface area contributed by atoms with Crippen LogP contribution in [0.25, 0.3) is 0 Å². The van der Waals surface area contributed by atoms with Gasteiger partial charge in [0, 0.05) is 6.92 Å². The highest BCUT2D eigenvalue weighted by Crippen LogP contribution is 2.33. The number of nitrogens with one attached hydrogen (secondary N) is 2. The van der Waals surface area contributed by atoms with Gasteiger partial charge in [-0.3, -0.25) is 9.59 Å². The Labute approximate surface area is 119 Å². The molecule has 6 heteroatoms. The molecule has 2 N–H and O–H groups in total. The van der Waals surface area contributed by atoms with Crippen LogP contribution in [0, 0.1) is 11.8 Å². The Balaban J connectivity index is 2.65. The molecule has 1 fully saturated rings. The SMILES string of the molecule is COC(=O)[C@@H](CC1CC1)NC(=O)[C@H](NC(C)=O)C(C)C. The van der Waals surface area contributed by atoms with E-state index in [1.165, 1.54) is 14.0 Å². The van der Waals surface area contributed by atoms with E-state index in [0.29, 0.717) is 12.3 Å². The highest BCUT2D eigenvalue weighted by molar-refractivity contribution is 5.90. The molecule has 0 saturated heterocycles. The van der Waals surface area contributed by atoms with Crippen LogP contribution in [0.3, 0.4) is 0 Å². The van der Waals surface area contributed by atoms with Crippen LogP contribution in [0.2, 0.25) is 0 Å². The van der Waals surface area contributed by atoms with Gasteiger partial charge in [0.05, 0.1) is 7.11 Å². The molecule has 0 heterocycles. The Kier molecular flexibility index (Phi) is 5.98. The summed E-state index contributed by atoms with van der Waals surface area (Å²) in [6, 6.07) is -1.27. The Morgan fingerprint density at radius 3 is 2.20 bits per heavy atom. The van der Waals surface area contributed by atoms with E-state index >= 15 is 0 Å². The molecule has 1 saturated carbocycles. The van der Waals surface area contributed by atoms with Gasteiger partial charge in [0.2, 0.25) is 11.8 Å². The van der Waals surface area contributed by atoms with Gasteiger partial charge in [-0.25, -0.2) is 4.79 Å². The van der Waals surface area contributed by atoms with E-state index in [9.17, 15) is 14.4 Å². The van der Waals surface area contributed by atoms with Gasteiger partial charge in [-0.05, 0) is 18.3 Å². The van der Waals surface area contributed by atoms with E-state index in [-0.39, 0.29) is 17.7 Å². The average Bonchev–Trinajstić information content (AvgIpc) is 3.17. The molecule has 114 valence electrons. The van der Waals surface area contributed by atoms with Crippen LogP contribution in [0.5, 0.6) is 0 Å². The van der Waals surface area contributed by atoms with Crippen LogP contribution < -0.4 is 10.6 Å². The third-order valence-electron chi connectivity index (χ3n) is 3.38. The van der Waals surface area contributed by atoms with Crippen LogP contribution in [0.15, 0.2) is 0 Å². The molecule has 0 bridgehead atoms. The first-order valence-corrected chi connectivity index (χ1v) is 7.00. The summed E-state index contributed by atoms with van der Waals surface area (Å²) in [5.41, 5.74) is 0. The summed E-state index contributed by atoms with van der Waals surface area (Å²) in [5.74, 6) is -0.617. The van der Waals surface area contributed by atoms with Crippen LogP contribution in [0.1, 0.15) is 40.0 Å². The summed E-state index contributed by atoms with van der Waals surface area (Å²) in [7, 11) is 1.31. The van der Waals surface area contributed by atoms with Crippen molar-refractivity contribution >= 4 is 17.8 Å². The third-order valence-corrected chi connectivity index (χ3v) is 3.38. The third kappa shape index (κ3) is 5.19. The first kappa shape index (κ1) is 16.5. The number of methoxy groups -OCH3 is 1. The lowest BCUT2D eigenvalue weighted by atomic mass is 10.0. The molecule has 0 aliphatic heterocycles. The molecule has 0 unspecified atom stereocenters. The number of esters is 1. The largest absolute Gasteiger partial charge is 0.467 e. The van der Waals surface area contributed by atoms with Crippen molar-refractivity contribution in [1.29, 1.82) is 0 Å². The second-order valence-electron chi connectivity index (χ2n) is 5.69. The van der Waals surface area contributed by atoms with Crippen LogP contribution in [-0.2, 0) is 19.1 Å². The van der Waals surface area contributed by atoms with E-state index in [4.69, 9.17) is 4.74 Å². The Hall–Kier alpha value is -1.59. The van der Waals surface area contributed by atoms with Gasteiger partial charge in [-0.2, -0.15) is 0 Å². The fourth-order valence-corrected chi connectivity index (χ4v) is 2.06. The molecule has 0 aromatic heterocycles. The van der Waals surface area contributed by atoms with Gasteiger partial charge in [-0.1, -0.05) is 26.7 Å². The number of amides is 2. The predicted octanol–water partition coefficient (Wildman–Crippen LogP) is 0.605. The molecule has 1 aliphatic rings. The minimum atomic E-state index is -0.640. The summed E-state index contributed by atoms with van der Waals surface area (Å²) in [6.45, 7) is 5.05. The summed E-state index contributed by atoms with van der Waals surface area (Å²) in [6.07, 6.45) is 2.77. The maximum absolute atomic E-state index is 12.2. The average molecular weight is 284 g/mol. The second kappa shape index (κ2) is 7.26. The maximum Gasteiger partial charge on any atom is 0.328 e. The molecular formula is C14H24N2O4. The second-order valence-corrected chi connectivity index (χ2v) is 5.69. The fraction of sp³-hybridized carbons (Fsp3) is 0.786. The quantitative estimate of drug-likeness (QED) is 0.671. The summed E-state index contributed by atoms with van der Waals surface area (Å²) in [4.78, 5) is 35.1. The van der Waals surface area contributed by atoms with Gasteiger partial charge in [0.15, 0.2) is 0 Å². The molecule has 0 aromatic carbocycles. The van der Waals surface area contributed by atoms with Crippen molar-refractivity contribution in [2.75, 3.05) is 7.11 Å². The normalized spacial score (nSPS) is 17.2. The smallest absolute Gasteiger partial charge is 0.328 e. The summed E-state index contributed by atoms with van der Waals surface area (Å²) in [5, 5.41) is 5.30. The molecule has 0 spiro atoms. The maximum atomic E-state index is 12.2. The van der Waals surface area contributed by atoms with Crippen molar-refractivity contribution in [3.8, 4) is 0 Å². The van der Waals surface area contributed by atoms with E-state index in [0.717, 1.165) is 12.8 Å². The zero-order valence-corrected chi connectivity index (χ0v) is 12.6. The zero-order chi connectivity index (χ0) is 15.3. The highest BCUT2D eigenvalue weighted by atomic mass is 16.5. The van der Waals surface area contributed by atoms with Gasteiger partial charge in [-0.15, -0.1) is 0 Å². The van der Waals surface area contributed by atoms with Crippen LogP contribution >= 0.6 is 0 Å². The van der Waals surface area contributed by atoms with Crippen LogP contribution in [0.4, 0.5) is 0 Å². The zero-order valence-electron chi connectivity index (χ0n) is 12.6. The fourth-order valence-electron chi connectivity index (χ4n) is 2.06. The lowest BCUT2D eigenvalue weighted by Gasteiger charge is -2.24. The molecule has 2 amide bonds. The van der Waals surface area contributed by atoms with Crippen molar-refractivity contribution < 1.29 is 19.1 Å². The molecular weight excluding hydrogens is 260 g/mol. The van der Waals surface area contributed by atoms with Gasteiger partial charge in [0.1, 0.15) is 12.1 Å². The first-order valence-electron chi connectivity index (χ1n) is 7.00. The first-order chi connectivity index (χ1) is 9.35. The minimum Gasteiger partial charge on any atom is -0.467 e.